The molecule has 9 nitrogen and oxygen atoms in total. The van der Waals surface area contributed by atoms with Crippen LogP contribution in [0.15, 0.2) is 30.3 Å². The van der Waals surface area contributed by atoms with Gasteiger partial charge in [-0.1, -0.05) is 18.2 Å². The SMILES string of the molecule is O=[N+]([O-])C(OP(=O)(O)CP(=O)(O)O)c1ccccc1. The summed E-state index contributed by atoms with van der Waals surface area (Å²) in [5, 5.41) is 10.8. The smallest absolute Gasteiger partial charge is 0.324 e. The van der Waals surface area contributed by atoms with Gasteiger partial charge in [-0.25, -0.2) is 4.52 Å². The van der Waals surface area contributed by atoms with E-state index in [1.54, 1.807) is 6.07 Å². The average Bonchev–Trinajstić information content (AvgIpc) is 2.23. The molecule has 11 heteroatoms. The molecule has 3 N–H and O–H groups in total. The van der Waals surface area contributed by atoms with Crippen LogP contribution in [-0.4, -0.2) is 25.5 Å². The lowest BCUT2D eigenvalue weighted by atomic mass is 10.2. The highest BCUT2D eigenvalue weighted by Crippen LogP contribution is 2.57. The third-order valence-corrected chi connectivity index (χ3v) is 5.34. The normalized spacial score (nSPS) is 16.6. The fourth-order valence-corrected chi connectivity index (χ4v) is 3.90. The molecule has 0 aliphatic carbocycles. The van der Waals surface area contributed by atoms with Crippen LogP contribution in [0.1, 0.15) is 11.8 Å². The van der Waals surface area contributed by atoms with E-state index in [1.165, 1.54) is 24.3 Å². The summed E-state index contributed by atoms with van der Waals surface area (Å²) in [6.07, 6.45) is -1.97. The molecule has 0 bridgehead atoms. The average molecular weight is 311 g/mol. The standard InChI is InChI=1S/C8H11NO8P2/c10-9(11)8(7-4-2-1-3-5-7)17-19(15,16)6-18(12,13)14/h1-5,8H,6H2,(H,15,16)(H2,12,13,14). The van der Waals surface area contributed by atoms with Gasteiger partial charge >= 0.3 is 21.4 Å². The molecule has 2 atom stereocenters. The molecule has 0 amide bonds. The molecule has 106 valence electrons. The maximum Gasteiger partial charge on any atom is 0.348 e. The van der Waals surface area contributed by atoms with Gasteiger partial charge in [0.15, 0.2) is 5.90 Å². The van der Waals surface area contributed by atoms with Crippen LogP contribution in [0.3, 0.4) is 0 Å². The van der Waals surface area contributed by atoms with Gasteiger partial charge in [0.2, 0.25) is 0 Å². The van der Waals surface area contributed by atoms with Crippen molar-refractivity contribution in [2.45, 2.75) is 6.23 Å². The van der Waals surface area contributed by atoms with Crippen molar-refractivity contribution >= 4 is 15.2 Å². The van der Waals surface area contributed by atoms with Crippen molar-refractivity contribution in [2.75, 3.05) is 5.90 Å². The van der Waals surface area contributed by atoms with Crippen LogP contribution in [0.4, 0.5) is 0 Å². The van der Waals surface area contributed by atoms with E-state index in [0.29, 0.717) is 0 Å². The summed E-state index contributed by atoms with van der Waals surface area (Å²) in [6, 6.07) is 7.09. The van der Waals surface area contributed by atoms with Crippen molar-refractivity contribution in [3.05, 3.63) is 46.0 Å². The number of benzene rings is 1. The van der Waals surface area contributed by atoms with Gasteiger partial charge in [-0.3, -0.25) is 19.2 Å². The summed E-state index contributed by atoms with van der Waals surface area (Å²) in [5.74, 6) is -1.48. The van der Waals surface area contributed by atoms with Crippen molar-refractivity contribution < 1.29 is 33.3 Å². The molecule has 0 heterocycles. The Bertz CT molecular complexity index is 541. The van der Waals surface area contributed by atoms with E-state index in [9.17, 15) is 24.1 Å². The number of nitrogens with zero attached hydrogens (tertiary/aromatic N) is 1. The number of rotatable bonds is 6. The van der Waals surface area contributed by atoms with Gasteiger partial charge in [0.1, 0.15) is 0 Å². The highest BCUT2D eigenvalue weighted by molar-refractivity contribution is 7.70. The lowest BCUT2D eigenvalue weighted by Gasteiger charge is -2.16. The molecular formula is C8H11NO8P2. The van der Waals surface area contributed by atoms with E-state index >= 15 is 0 Å². The van der Waals surface area contributed by atoms with E-state index in [4.69, 9.17) is 9.79 Å². The fourth-order valence-electron chi connectivity index (χ4n) is 1.26. The largest absolute Gasteiger partial charge is 0.348 e. The fraction of sp³-hybridized carbons (Fsp3) is 0.250. The predicted molar refractivity (Wildman–Crippen MR) is 64.0 cm³/mol. The van der Waals surface area contributed by atoms with Gasteiger partial charge in [0, 0.05) is 0 Å². The van der Waals surface area contributed by atoms with Crippen molar-refractivity contribution in [2.24, 2.45) is 0 Å². The molecule has 1 aromatic carbocycles. The van der Waals surface area contributed by atoms with Crippen molar-refractivity contribution in [1.82, 2.24) is 0 Å². The van der Waals surface area contributed by atoms with Crippen LogP contribution in [-0.2, 0) is 13.7 Å². The van der Waals surface area contributed by atoms with Crippen LogP contribution < -0.4 is 0 Å². The molecular weight excluding hydrogens is 300 g/mol. The van der Waals surface area contributed by atoms with E-state index in [0.717, 1.165) is 0 Å². The molecule has 0 aliphatic rings. The summed E-state index contributed by atoms with van der Waals surface area (Å²) >= 11 is 0. The molecule has 1 rings (SSSR count). The number of hydrogen-bond acceptors (Lipinski definition) is 5. The van der Waals surface area contributed by atoms with Gasteiger partial charge in [0.05, 0.1) is 10.5 Å². The zero-order valence-corrected chi connectivity index (χ0v) is 11.2. The summed E-state index contributed by atoms with van der Waals surface area (Å²) in [7, 11) is -9.62. The zero-order chi connectivity index (χ0) is 14.7. The Morgan fingerprint density at radius 2 is 1.74 bits per heavy atom. The maximum atomic E-state index is 11.5. The van der Waals surface area contributed by atoms with E-state index in [-0.39, 0.29) is 5.56 Å². The Morgan fingerprint density at radius 3 is 2.16 bits per heavy atom. The first-order chi connectivity index (χ1) is 8.61. The highest BCUT2D eigenvalue weighted by atomic mass is 31.2. The third kappa shape index (κ3) is 5.61. The maximum absolute atomic E-state index is 11.5. The van der Waals surface area contributed by atoms with Gasteiger partial charge in [-0.15, -0.1) is 0 Å². The summed E-state index contributed by atoms with van der Waals surface area (Å²) in [4.78, 5) is 36.3. The van der Waals surface area contributed by atoms with Crippen LogP contribution in [0.5, 0.6) is 0 Å². The topological polar surface area (TPSA) is 147 Å². The molecule has 0 aromatic heterocycles. The van der Waals surface area contributed by atoms with Crippen LogP contribution in [0, 0.1) is 10.1 Å². The van der Waals surface area contributed by atoms with Gasteiger partial charge < -0.3 is 14.7 Å². The van der Waals surface area contributed by atoms with E-state index in [1.807, 2.05) is 0 Å². The zero-order valence-electron chi connectivity index (χ0n) is 9.40. The lowest BCUT2D eigenvalue weighted by molar-refractivity contribution is -0.571. The minimum atomic E-state index is -4.83. The molecule has 0 fully saturated rings. The number of nitro groups is 1. The molecule has 2 unspecified atom stereocenters. The second-order valence-electron chi connectivity index (χ2n) is 3.60. The lowest BCUT2D eigenvalue weighted by Crippen LogP contribution is -2.14. The Balaban J connectivity index is 2.95. The number of hydrogen-bond donors (Lipinski definition) is 3. The first-order valence-electron chi connectivity index (χ1n) is 4.84. The monoisotopic (exact) mass is 311 g/mol. The quantitative estimate of drug-likeness (QED) is 0.308. The Hall–Kier alpha value is -1.08. The molecule has 0 saturated carbocycles. The minimum absolute atomic E-state index is 0.00696. The Kier molecular flexibility index (Phi) is 4.98. The second kappa shape index (κ2) is 5.92. The van der Waals surface area contributed by atoms with Crippen LogP contribution in [0.2, 0.25) is 0 Å². The van der Waals surface area contributed by atoms with E-state index in [2.05, 4.69) is 4.52 Å². The molecule has 19 heavy (non-hydrogen) atoms. The summed E-state index contributed by atoms with van der Waals surface area (Å²) in [5.41, 5.74) is -0.00696. The first kappa shape index (κ1) is 16.0. The molecule has 1 aromatic rings. The summed E-state index contributed by atoms with van der Waals surface area (Å²) < 4.78 is 26.5. The van der Waals surface area contributed by atoms with Gasteiger partial charge in [0.25, 0.3) is 0 Å². The van der Waals surface area contributed by atoms with Crippen LogP contribution in [0.25, 0.3) is 0 Å². The Labute approximate surface area is 107 Å². The third-order valence-electron chi connectivity index (χ3n) is 1.90. The molecule has 0 saturated heterocycles. The molecule has 0 spiro atoms. The summed E-state index contributed by atoms with van der Waals surface area (Å²) in [6.45, 7) is 0. The highest BCUT2D eigenvalue weighted by Gasteiger charge is 2.38. The first-order valence-corrected chi connectivity index (χ1v) is 8.40. The van der Waals surface area contributed by atoms with E-state index < -0.39 is 32.2 Å². The van der Waals surface area contributed by atoms with Crippen LogP contribution >= 0.6 is 15.2 Å². The second-order valence-corrected chi connectivity index (χ2v) is 7.54. The van der Waals surface area contributed by atoms with Crippen molar-refractivity contribution in [3.63, 3.8) is 0 Å². The Morgan fingerprint density at radius 1 is 1.21 bits per heavy atom. The molecule has 0 radical (unpaired) electrons. The van der Waals surface area contributed by atoms with Crippen molar-refractivity contribution in [3.8, 4) is 0 Å². The van der Waals surface area contributed by atoms with Crippen molar-refractivity contribution in [1.29, 1.82) is 0 Å². The van der Waals surface area contributed by atoms with Gasteiger partial charge in [-0.2, -0.15) is 0 Å². The minimum Gasteiger partial charge on any atom is -0.324 e. The predicted octanol–water partition coefficient (Wildman–Crippen LogP) is 1.30. The molecule has 0 aliphatic heterocycles. The van der Waals surface area contributed by atoms with Gasteiger partial charge in [-0.05, 0) is 12.1 Å².